The number of aromatic nitrogens is 3. The van der Waals surface area contributed by atoms with Crippen molar-refractivity contribution in [3.63, 3.8) is 0 Å². The standard InChI is InChI=1S/C24H26ClN5O2S/c1-16-14-27-23(33-16)29-20-5-8-26-21(28-20)11-17-13-24(32-15-17)6-9-30(10-7-24)22(31)18-3-2-4-19(25)12-18/h2-5,8,12,14,17H,6-7,9-11,13,15H2,1H3,(H,26,27,28,29). The number of ether oxygens (including phenoxy) is 1. The van der Waals surface area contributed by atoms with Crippen molar-refractivity contribution in [2.75, 3.05) is 25.0 Å². The smallest absolute Gasteiger partial charge is 0.253 e. The molecule has 1 aromatic carbocycles. The van der Waals surface area contributed by atoms with Gasteiger partial charge in [0.25, 0.3) is 5.91 Å². The van der Waals surface area contributed by atoms with E-state index in [-0.39, 0.29) is 11.5 Å². The van der Waals surface area contributed by atoms with Crippen LogP contribution in [0.1, 0.15) is 40.3 Å². The third-order valence-electron chi connectivity index (χ3n) is 6.35. The molecule has 1 spiro atoms. The summed E-state index contributed by atoms with van der Waals surface area (Å²) in [4.78, 5) is 29.4. The Morgan fingerprint density at radius 1 is 1.30 bits per heavy atom. The van der Waals surface area contributed by atoms with Gasteiger partial charge in [0.1, 0.15) is 11.6 Å². The molecule has 0 aliphatic carbocycles. The van der Waals surface area contributed by atoms with E-state index < -0.39 is 0 Å². The number of aryl methyl sites for hydroxylation is 1. The van der Waals surface area contributed by atoms with Gasteiger partial charge in [-0.1, -0.05) is 17.7 Å². The maximum absolute atomic E-state index is 12.8. The van der Waals surface area contributed by atoms with Crippen LogP contribution in [0.25, 0.3) is 0 Å². The van der Waals surface area contributed by atoms with E-state index >= 15 is 0 Å². The third kappa shape index (κ3) is 5.18. The second kappa shape index (κ2) is 9.37. The molecule has 3 aromatic rings. The van der Waals surface area contributed by atoms with Crippen LogP contribution in [0, 0.1) is 12.8 Å². The number of likely N-dealkylation sites (tertiary alicyclic amines) is 1. The minimum atomic E-state index is -0.149. The summed E-state index contributed by atoms with van der Waals surface area (Å²) < 4.78 is 6.31. The van der Waals surface area contributed by atoms with Crippen molar-refractivity contribution >= 4 is 39.8 Å². The molecule has 4 heterocycles. The summed E-state index contributed by atoms with van der Waals surface area (Å²) in [6.07, 6.45) is 7.08. The van der Waals surface area contributed by atoms with Crippen LogP contribution in [0.4, 0.5) is 10.9 Å². The summed E-state index contributed by atoms with van der Waals surface area (Å²) in [5.41, 5.74) is 0.492. The fraction of sp³-hybridized carbons (Fsp3) is 0.417. The van der Waals surface area contributed by atoms with Crippen LogP contribution in [0.5, 0.6) is 0 Å². The molecular formula is C24H26ClN5O2S. The number of carbonyl (C=O) groups excluding carboxylic acids is 1. The average molecular weight is 484 g/mol. The molecule has 9 heteroatoms. The summed E-state index contributed by atoms with van der Waals surface area (Å²) in [5, 5.41) is 4.67. The quantitative estimate of drug-likeness (QED) is 0.556. The largest absolute Gasteiger partial charge is 0.375 e. The van der Waals surface area contributed by atoms with Crippen LogP contribution in [0.15, 0.2) is 42.7 Å². The predicted molar refractivity (Wildman–Crippen MR) is 129 cm³/mol. The van der Waals surface area contributed by atoms with Crippen molar-refractivity contribution in [1.29, 1.82) is 0 Å². The number of halogens is 1. The first-order chi connectivity index (χ1) is 16.0. The number of benzene rings is 1. The van der Waals surface area contributed by atoms with Gasteiger partial charge in [-0.3, -0.25) is 4.79 Å². The zero-order valence-corrected chi connectivity index (χ0v) is 20.0. The number of hydrogen-bond donors (Lipinski definition) is 1. The minimum absolute atomic E-state index is 0.0371. The first kappa shape index (κ1) is 22.3. The molecule has 5 rings (SSSR count). The zero-order chi connectivity index (χ0) is 22.8. The highest BCUT2D eigenvalue weighted by atomic mass is 35.5. The fourth-order valence-electron chi connectivity index (χ4n) is 4.69. The Kier molecular flexibility index (Phi) is 6.32. The lowest BCUT2D eigenvalue weighted by Crippen LogP contribution is -2.46. The van der Waals surface area contributed by atoms with Gasteiger partial charge in [-0.25, -0.2) is 15.0 Å². The lowest BCUT2D eigenvalue weighted by Gasteiger charge is -2.38. The average Bonchev–Trinajstić information content (AvgIpc) is 3.40. The van der Waals surface area contributed by atoms with Gasteiger partial charge in [-0.15, -0.1) is 11.3 Å². The van der Waals surface area contributed by atoms with Gasteiger partial charge >= 0.3 is 0 Å². The Morgan fingerprint density at radius 3 is 2.91 bits per heavy atom. The van der Waals surface area contributed by atoms with Crippen LogP contribution in [0.2, 0.25) is 5.02 Å². The topological polar surface area (TPSA) is 80.2 Å². The number of hydrogen-bond acceptors (Lipinski definition) is 7. The van der Waals surface area contributed by atoms with Gasteiger partial charge in [0.15, 0.2) is 5.13 Å². The third-order valence-corrected chi connectivity index (χ3v) is 7.42. The molecule has 2 aliphatic heterocycles. The second-order valence-electron chi connectivity index (χ2n) is 8.83. The SMILES string of the molecule is Cc1cnc(Nc2ccnc(CC3COC4(CCN(C(=O)c5cccc(Cl)c5)CC4)C3)n2)s1. The van der Waals surface area contributed by atoms with E-state index in [1.54, 1.807) is 29.7 Å². The number of thiazole rings is 1. The van der Waals surface area contributed by atoms with E-state index in [1.807, 2.05) is 36.2 Å². The lowest BCUT2D eigenvalue weighted by atomic mass is 9.84. The molecule has 7 nitrogen and oxygen atoms in total. The summed E-state index contributed by atoms with van der Waals surface area (Å²) >= 11 is 7.65. The molecule has 1 unspecified atom stereocenters. The first-order valence-electron chi connectivity index (χ1n) is 11.2. The summed E-state index contributed by atoms with van der Waals surface area (Å²) in [6.45, 7) is 4.12. The molecule has 2 aromatic heterocycles. The highest BCUT2D eigenvalue weighted by molar-refractivity contribution is 7.15. The number of amides is 1. The molecule has 0 saturated carbocycles. The van der Waals surface area contributed by atoms with Crippen molar-refractivity contribution in [3.05, 3.63) is 64.0 Å². The van der Waals surface area contributed by atoms with E-state index in [0.717, 1.165) is 47.3 Å². The fourth-order valence-corrected chi connectivity index (χ4v) is 5.55. The monoisotopic (exact) mass is 483 g/mol. The van der Waals surface area contributed by atoms with E-state index in [4.69, 9.17) is 16.3 Å². The maximum atomic E-state index is 12.8. The zero-order valence-electron chi connectivity index (χ0n) is 18.5. The second-order valence-corrected chi connectivity index (χ2v) is 10.5. The van der Waals surface area contributed by atoms with Crippen LogP contribution in [-0.2, 0) is 11.2 Å². The Balaban J connectivity index is 1.16. The highest BCUT2D eigenvalue weighted by Gasteiger charge is 2.43. The van der Waals surface area contributed by atoms with E-state index in [2.05, 4.69) is 20.3 Å². The Hall–Kier alpha value is -2.55. The van der Waals surface area contributed by atoms with E-state index in [1.165, 1.54) is 0 Å². The normalized spacial score (nSPS) is 19.7. The lowest BCUT2D eigenvalue weighted by molar-refractivity contribution is -0.0391. The molecule has 2 fully saturated rings. The van der Waals surface area contributed by atoms with Gasteiger partial charge < -0.3 is 15.0 Å². The van der Waals surface area contributed by atoms with E-state index in [9.17, 15) is 4.79 Å². The number of nitrogens with zero attached hydrogens (tertiary/aromatic N) is 4. The molecule has 2 aliphatic rings. The first-order valence-corrected chi connectivity index (χ1v) is 12.4. The number of carbonyl (C=O) groups is 1. The molecule has 1 amide bonds. The molecule has 0 bridgehead atoms. The van der Waals surface area contributed by atoms with Crippen molar-refractivity contribution in [2.24, 2.45) is 5.92 Å². The Morgan fingerprint density at radius 2 is 2.15 bits per heavy atom. The molecule has 2 saturated heterocycles. The molecular weight excluding hydrogens is 458 g/mol. The van der Waals surface area contributed by atoms with Crippen LogP contribution < -0.4 is 5.32 Å². The Bertz CT molecular complexity index is 1150. The van der Waals surface area contributed by atoms with Gasteiger partial charge in [0.05, 0.1) is 12.2 Å². The summed E-state index contributed by atoms with van der Waals surface area (Å²) in [7, 11) is 0. The molecule has 1 atom stereocenters. The van der Waals surface area contributed by atoms with Crippen molar-refractivity contribution in [1.82, 2.24) is 19.9 Å². The summed E-state index contributed by atoms with van der Waals surface area (Å²) in [5.74, 6) is 1.98. The number of nitrogens with one attached hydrogen (secondary N) is 1. The van der Waals surface area contributed by atoms with Gasteiger partial charge in [0, 0.05) is 47.4 Å². The van der Waals surface area contributed by atoms with Crippen molar-refractivity contribution in [3.8, 4) is 0 Å². The van der Waals surface area contributed by atoms with Gasteiger partial charge in [-0.05, 0) is 56.4 Å². The van der Waals surface area contributed by atoms with Crippen LogP contribution in [-0.4, -0.2) is 51.1 Å². The number of anilines is 2. The van der Waals surface area contributed by atoms with Crippen molar-refractivity contribution in [2.45, 2.75) is 38.2 Å². The van der Waals surface area contributed by atoms with Crippen LogP contribution in [0.3, 0.4) is 0 Å². The number of rotatable bonds is 5. The molecule has 172 valence electrons. The maximum Gasteiger partial charge on any atom is 0.253 e. The molecule has 0 radical (unpaired) electrons. The highest BCUT2D eigenvalue weighted by Crippen LogP contribution is 2.40. The van der Waals surface area contributed by atoms with Crippen LogP contribution >= 0.6 is 22.9 Å². The predicted octanol–water partition coefficient (Wildman–Crippen LogP) is 4.89. The van der Waals surface area contributed by atoms with Gasteiger partial charge in [-0.2, -0.15) is 0 Å². The Labute approximate surface area is 202 Å². The molecule has 33 heavy (non-hydrogen) atoms. The molecule has 1 N–H and O–H groups in total. The van der Waals surface area contributed by atoms with E-state index in [0.29, 0.717) is 36.2 Å². The van der Waals surface area contributed by atoms with Gasteiger partial charge in [0.2, 0.25) is 0 Å². The van der Waals surface area contributed by atoms with Crippen molar-refractivity contribution < 1.29 is 9.53 Å². The number of piperidine rings is 1. The summed E-state index contributed by atoms with van der Waals surface area (Å²) in [6, 6.07) is 9.01. The minimum Gasteiger partial charge on any atom is -0.375 e.